The van der Waals surface area contributed by atoms with E-state index in [4.69, 9.17) is 4.74 Å². The second kappa shape index (κ2) is 4.75. The number of benzene rings is 1. The van der Waals surface area contributed by atoms with Crippen molar-refractivity contribution in [3.05, 3.63) is 42.3 Å². The second-order valence-corrected chi connectivity index (χ2v) is 5.51. The van der Waals surface area contributed by atoms with Crippen LogP contribution in [0.25, 0.3) is 0 Å². The summed E-state index contributed by atoms with van der Waals surface area (Å²) in [5.74, 6) is 0.512. The Bertz CT molecular complexity index is 426. The van der Waals surface area contributed by atoms with Crippen LogP contribution in [0, 0.1) is 17.8 Å². The molecule has 2 heteroatoms. The number of hydrogen-bond acceptors (Lipinski definition) is 2. The van der Waals surface area contributed by atoms with Gasteiger partial charge in [-0.05, 0) is 37.2 Å². The van der Waals surface area contributed by atoms with Crippen LogP contribution >= 0.6 is 0 Å². The summed E-state index contributed by atoms with van der Waals surface area (Å²) in [6.45, 7) is 0.411. The molecule has 1 aromatic rings. The van der Waals surface area contributed by atoms with Crippen LogP contribution in [0.5, 0.6) is 0 Å². The summed E-state index contributed by atoms with van der Waals surface area (Å²) in [6.07, 6.45) is 7.91. The molecule has 2 nitrogen and oxygen atoms in total. The van der Waals surface area contributed by atoms with Crippen LogP contribution in [-0.4, -0.2) is 5.97 Å². The number of carbonyl (C=O) groups is 1. The van der Waals surface area contributed by atoms with Crippen molar-refractivity contribution in [2.24, 2.45) is 11.3 Å². The van der Waals surface area contributed by atoms with E-state index in [1.54, 1.807) is 0 Å². The fourth-order valence-electron chi connectivity index (χ4n) is 3.04. The summed E-state index contributed by atoms with van der Waals surface area (Å²) < 4.78 is 5.51. The summed E-state index contributed by atoms with van der Waals surface area (Å²) >= 11 is 0. The Labute approximate surface area is 108 Å². The van der Waals surface area contributed by atoms with Gasteiger partial charge in [0.2, 0.25) is 0 Å². The molecule has 2 unspecified atom stereocenters. The van der Waals surface area contributed by atoms with Gasteiger partial charge in [0.25, 0.3) is 0 Å². The molecule has 3 rings (SSSR count). The predicted molar refractivity (Wildman–Crippen MR) is 69.5 cm³/mol. The van der Waals surface area contributed by atoms with Gasteiger partial charge in [0.15, 0.2) is 0 Å². The molecule has 2 aliphatic rings. The maximum atomic E-state index is 12.2. The minimum absolute atomic E-state index is 0.0227. The SMILES string of the molecule is O=C(OCc1ccccc1)C12CCCC[CH]C1C2. The molecule has 0 aliphatic heterocycles. The standard InChI is InChI=1S/C16H19O2/c17-15(18-12-13-7-3-1-4-8-13)16-10-6-2-5-9-14(16)11-16/h1,3-4,7-9,14H,2,5-6,10-12H2. The maximum absolute atomic E-state index is 12.2. The number of ether oxygens (including phenoxy) is 1. The van der Waals surface area contributed by atoms with Crippen LogP contribution < -0.4 is 0 Å². The van der Waals surface area contributed by atoms with Gasteiger partial charge >= 0.3 is 5.97 Å². The number of esters is 1. The number of fused-ring (bicyclic) bond motifs is 1. The molecule has 2 fully saturated rings. The lowest BCUT2D eigenvalue weighted by atomic mass is 9.98. The predicted octanol–water partition coefficient (Wildman–Crippen LogP) is 3.51. The van der Waals surface area contributed by atoms with Gasteiger partial charge in [-0.2, -0.15) is 0 Å². The van der Waals surface area contributed by atoms with Crippen molar-refractivity contribution in [1.82, 2.24) is 0 Å². The number of rotatable bonds is 3. The van der Waals surface area contributed by atoms with Crippen LogP contribution in [0.4, 0.5) is 0 Å². The average molecular weight is 243 g/mol. The van der Waals surface area contributed by atoms with Crippen LogP contribution in [-0.2, 0) is 16.1 Å². The summed E-state index contributed by atoms with van der Waals surface area (Å²) in [7, 11) is 0. The van der Waals surface area contributed by atoms with Crippen molar-refractivity contribution in [1.29, 1.82) is 0 Å². The van der Waals surface area contributed by atoms with Gasteiger partial charge in [-0.1, -0.05) is 43.2 Å². The van der Waals surface area contributed by atoms with Crippen LogP contribution in [0.1, 0.15) is 37.7 Å². The molecule has 0 heterocycles. The molecule has 0 amide bonds. The zero-order chi connectivity index (χ0) is 12.4. The van der Waals surface area contributed by atoms with E-state index in [-0.39, 0.29) is 11.4 Å². The summed E-state index contributed by atoms with van der Waals surface area (Å²) in [5, 5.41) is 0. The van der Waals surface area contributed by atoms with Gasteiger partial charge in [-0.3, -0.25) is 4.79 Å². The minimum atomic E-state index is -0.148. The zero-order valence-electron chi connectivity index (χ0n) is 10.6. The van der Waals surface area contributed by atoms with E-state index in [0.29, 0.717) is 12.5 Å². The van der Waals surface area contributed by atoms with Gasteiger partial charge < -0.3 is 4.74 Å². The van der Waals surface area contributed by atoms with Crippen molar-refractivity contribution in [3.8, 4) is 0 Å². The minimum Gasteiger partial charge on any atom is -0.460 e. The molecule has 2 saturated carbocycles. The molecule has 0 aromatic heterocycles. The monoisotopic (exact) mass is 243 g/mol. The fraction of sp³-hybridized carbons (Fsp3) is 0.500. The van der Waals surface area contributed by atoms with Crippen molar-refractivity contribution in [2.45, 2.75) is 38.7 Å². The summed E-state index contributed by atoms with van der Waals surface area (Å²) in [5.41, 5.74) is 0.919. The van der Waals surface area contributed by atoms with Crippen molar-refractivity contribution >= 4 is 5.97 Å². The highest BCUT2D eigenvalue weighted by atomic mass is 16.5. The lowest BCUT2D eigenvalue weighted by Gasteiger charge is -2.14. The third-order valence-corrected chi connectivity index (χ3v) is 4.28. The Kier molecular flexibility index (Phi) is 3.11. The molecule has 2 aliphatic carbocycles. The Balaban J connectivity index is 1.59. The van der Waals surface area contributed by atoms with Gasteiger partial charge in [-0.25, -0.2) is 0 Å². The Morgan fingerprint density at radius 1 is 1.28 bits per heavy atom. The third-order valence-electron chi connectivity index (χ3n) is 4.28. The molecule has 1 radical (unpaired) electrons. The second-order valence-electron chi connectivity index (χ2n) is 5.51. The first kappa shape index (κ1) is 11.8. The van der Waals surface area contributed by atoms with Gasteiger partial charge in [-0.15, -0.1) is 0 Å². The molecule has 2 atom stereocenters. The van der Waals surface area contributed by atoms with Gasteiger partial charge in [0.1, 0.15) is 6.61 Å². The fourth-order valence-corrected chi connectivity index (χ4v) is 3.04. The molecule has 95 valence electrons. The van der Waals surface area contributed by atoms with E-state index in [2.05, 4.69) is 6.42 Å². The van der Waals surface area contributed by atoms with E-state index in [1.807, 2.05) is 30.3 Å². The topological polar surface area (TPSA) is 26.3 Å². The van der Waals surface area contributed by atoms with Crippen LogP contribution in [0.2, 0.25) is 0 Å². The molecule has 0 saturated heterocycles. The highest BCUT2D eigenvalue weighted by molar-refractivity contribution is 5.81. The normalized spacial score (nSPS) is 30.1. The lowest BCUT2D eigenvalue weighted by molar-refractivity contribution is -0.152. The number of hydrogen-bond donors (Lipinski definition) is 0. The zero-order valence-corrected chi connectivity index (χ0v) is 10.6. The van der Waals surface area contributed by atoms with Crippen molar-refractivity contribution in [2.75, 3.05) is 0 Å². The smallest absolute Gasteiger partial charge is 0.312 e. The Morgan fingerprint density at radius 2 is 2.11 bits per heavy atom. The lowest BCUT2D eigenvalue weighted by Crippen LogP contribution is -2.20. The Morgan fingerprint density at radius 3 is 2.94 bits per heavy atom. The molecule has 0 N–H and O–H groups in total. The van der Waals surface area contributed by atoms with E-state index in [1.165, 1.54) is 12.8 Å². The molecule has 0 bridgehead atoms. The molecule has 18 heavy (non-hydrogen) atoms. The van der Waals surface area contributed by atoms with E-state index in [9.17, 15) is 4.79 Å². The summed E-state index contributed by atoms with van der Waals surface area (Å²) in [6, 6.07) is 9.91. The maximum Gasteiger partial charge on any atom is 0.312 e. The first-order valence-electron chi connectivity index (χ1n) is 6.86. The first-order valence-corrected chi connectivity index (χ1v) is 6.86. The molecular formula is C16H19O2. The quantitative estimate of drug-likeness (QED) is 0.759. The largest absolute Gasteiger partial charge is 0.460 e. The Hall–Kier alpha value is -1.31. The molecule has 0 spiro atoms. The number of carbonyl (C=O) groups excluding carboxylic acids is 1. The van der Waals surface area contributed by atoms with E-state index >= 15 is 0 Å². The average Bonchev–Trinajstić information content (AvgIpc) is 3.12. The highest BCUT2D eigenvalue weighted by Gasteiger charge is 2.60. The molecular weight excluding hydrogens is 224 g/mol. The van der Waals surface area contributed by atoms with Crippen molar-refractivity contribution < 1.29 is 9.53 Å². The van der Waals surface area contributed by atoms with E-state index < -0.39 is 0 Å². The van der Waals surface area contributed by atoms with Crippen LogP contribution in [0.15, 0.2) is 30.3 Å². The highest BCUT2D eigenvalue weighted by Crippen LogP contribution is 2.60. The molecule has 1 aromatic carbocycles. The summed E-state index contributed by atoms with van der Waals surface area (Å²) in [4.78, 5) is 12.2. The van der Waals surface area contributed by atoms with Crippen LogP contribution in [0.3, 0.4) is 0 Å². The third kappa shape index (κ3) is 2.16. The van der Waals surface area contributed by atoms with Gasteiger partial charge in [0.05, 0.1) is 5.41 Å². The van der Waals surface area contributed by atoms with Crippen molar-refractivity contribution in [3.63, 3.8) is 0 Å². The van der Waals surface area contributed by atoms with Gasteiger partial charge in [0, 0.05) is 0 Å². The first-order chi connectivity index (χ1) is 8.81. The van der Waals surface area contributed by atoms with E-state index in [0.717, 1.165) is 24.8 Å².